The number of rotatable bonds is 4. The zero-order chi connectivity index (χ0) is 10.6. The van der Waals surface area contributed by atoms with Crippen LogP contribution in [-0.4, -0.2) is 24.6 Å². The maximum atomic E-state index is 5.71. The van der Waals surface area contributed by atoms with Gasteiger partial charge in [-0.05, 0) is 31.9 Å². The van der Waals surface area contributed by atoms with Gasteiger partial charge >= 0.3 is 0 Å². The summed E-state index contributed by atoms with van der Waals surface area (Å²) in [6, 6.07) is 4.34. The topological polar surface area (TPSA) is 42.1 Å². The molecule has 0 saturated heterocycles. The first-order chi connectivity index (χ1) is 6.63. The first-order valence-corrected chi connectivity index (χ1v) is 5.05. The predicted octanol–water partition coefficient (Wildman–Crippen LogP) is 1.43. The summed E-state index contributed by atoms with van der Waals surface area (Å²) in [5.41, 5.74) is 6.91. The molecule has 78 valence electrons. The van der Waals surface area contributed by atoms with E-state index in [9.17, 15) is 0 Å². The van der Waals surface area contributed by atoms with Gasteiger partial charge in [0.2, 0.25) is 0 Å². The van der Waals surface area contributed by atoms with E-state index in [-0.39, 0.29) is 6.04 Å². The molecule has 0 bridgehead atoms. The second kappa shape index (κ2) is 4.96. The third-order valence-electron chi connectivity index (χ3n) is 2.23. The van der Waals surface area contributed by atoms with Crippen molar-refractivity contribution >= 4 is 5.82 Å². The van der Waals surface area contributed by atoms with E-state index >= 15 is 0 Å². The normalized spacial score (nSPS) is 12.6. The summed E-state index contributed by atoms with van der Waals surface area (Å²) >= 11 is 0. The highest BCUT2D eigenvalue weighted by molar-refractivity contribution is 5.38. The molecule has 0 aliphatic carbocycles. The zero-order valence-electron chi connectivity index (χ0n) is 9.20. The number of nitrogens with zero attached hydrogens (tertiary/aromatic N) is 2. The zero-order valence-corrected chi connectivity index (χ0v) is 9.20. The van der Waals surface area contributed by atoms with E-state index in [0.29, 0.717) is 0 Å². The fraction of sp³-hybridized carbons (Fsp3) is 0.545. The molecule has 1 heterocycles. The van der Waals surface area contributed by atoms with E-state index in [4.69, 9.17) is 5.73 Å². The van der Waals surface area contributed by atoms with Gasteiger partial charge in [0.25, 0.3) is 0 Å². The monoisotopic (exact) mass is 193 g/mol. The van der Waals surface area contributed by atoms with Gasteiger partial charge in [-0.3, -0.25) is 0 Å². The Bertz CT molecular complexity index is 266. The van der Waals surface area contributed by atoms with Crippen LogP contribution in [0.5, 0.6) is 0 Å². The Morgan fingerprint density at radius 2 is 2.21 bits per heavy atom. The van der Waals surface area contributed by atoms with Crippen LogP contribution in [0.4, 0.5) is 5.82 Å². The molecule has 14 heavy (non-hydrogen) atoms. The van der Waals surface area contributed by atoms with E-state index in [1.54, 1.807) is 0 Å². The molecule has 0 aliphatic heterocycles. The van der Waals surface area contributed by atoms with Crippen molar-refractivity contribution in [1.29, 1.82) is 0 Å². The quantitative estimate of drug-likeness (QED) is 0.786. The van der Waals surface area contributed by atoms with Crippen molar-refractivity contribution in [1.82, 2.24) is 4.98 Å². The van der Waals surface area contributed by atoms with E-state index in [1.165, 1.54) is 5.56 Å². The second-order valence-electron chi connectivity index (χ2n) is 3.72. The van der Waals surface area contributed by atoms with Gasteiger partial charge in [-0.15, -0.1) is 0 Å². The minimum atomic E-state index is 0.201. The number of pyridine rings is 1. The van der Waals surface area contributed by atoms with E-state index < -0.39 is 0 Å². The van der Waals surface area contributed by atoms with Crippen LogP contribution in [0, 0.1) is 0 Å². The Morgan fingerprint density at radius 3 is 2.64 bits per heavy atom. The Labute approximate surface area is 85.9 Å². The van der Waals surface area contributed by atoms with Crippen LogP contribution in [0.25, 0.3) is 0 Å². The largest absolute Gasteiger partial charge is 0.360 e. The van der Waals surface area contributed by atoms with Crippen LogP contribution in [0.15, 0.2) is 18.3 Å². The van der Waals surface area contributed by atoms with Crippen LogP contribution in [0.2, 0.25) is 0 Å². The first-order valence-electron chi connectivity index (χ1n) is 5.05. The van der Waals surface area contributed by atoms with Crippen molar-refractivity contribution in [3.8, 4) is 0 Å². The molecule has 1 unspecified atom stereocenters. The highest BCUT2D eigenvalue weighted by Crippen LogP contribution is 2.09. The molecule has 1 atom stereocenters. The van der Waals surface area contributed by atoms with Gasteiger partial charge in [-0.1, -0.05) is 6.07 Å². The first kappa shape index (κ1) is 11.0. The second-order valence-corrected chi connectivity index (χ2v) is 3.72. The molecule has 0 saturated carbocycles. The SMILES string of the molecule is CCN(C)c1ccc(CC(C)N)cn1. The lowest BCUT2D eigenvalue weighted by Crippen LogP contribution is -2.19. The minimum Gasteiger partial charge on any atom is -0.360 e. The van der Waals surface area contributed by atoms with Gasteiger partial charge in [0.1, 0.15) is 5.82 Å². The average Bonchev–Trinajstić information content (AvgIpc) is 2.17. The lowest BCUT2D eigenvalue weighted by molar-refractivity contribution is 0.735. The number of nitrogens with two attached hydrogens (primary N) is 1. The fourth-order valence-corrected chi connectivity index (χ4v) is 1.30. The van der Waals surface area contributed by atoms with Gasteiger partial charge in [-0.2, -0.15) is 0 Å². The summed E-state index contributed by atoms with van der Waals surface area (Å²) in [5.74, 6) is 1.01. The summed E-state index contributed by atoms with van der Waals surface area (Å²) in [6.07, 6.45) is 2.80. The van der Waals surface area contributed by atoms with E-state index in [1.807, 2.05) is 26.2 Å². The maximum absolute atomic E-state index is 5.71. The molecule has 1 aromatic heterocycles. The Hall–Kier alpha value is -1.09. The van der Waals surface area contributed by atoms with Crippen LogP contribution >= 0.6 is 0 Å². The third-order valence-corrected chi connectivity index (χ3v) is 2.23. The Morgan fingerprint density at radius 1 is 1.50 bits per heavy atom. The maximum Gasteiger partial charge on any atom is 0.128 e. The molecular weight excluding hydrogens is 174 g/mol. The van der Waals surface area contributed by atoms with Crippen molar-refractivity contribution in [3.05, 3.63) is 23.9 Å². The molecule has 0 spiro atoms. The molecule has 0 aromatic carbocycles. The van der Waals surface area contributed by atoms with Crippen molar-refractivity contribution in [2.45, 2.75) is 26.3 Å². The van der Waals surface area contributed by atoms with Crippen LogP contribution in [0.3, 0.4) is 0 Å². The summed E-state index contributed by atoms with van der Waals surface area (Å²) in [4.78, 5) is 6.48. The van der Waals surface area contributed by atoms with Gasteiger partial charge in [0, 0.05) is 25.8 Å². The predicted molar refractivity (Wildman–Crippen MR) is 60.5 cm³/mol. The fourth-order valence-electron chi connectivity index (χ4n) is 1.30. The van der Waals surface area contributed by atoms with Crippen LogP contribution in [-0.2, 0) is 6.42 Å². The summed E-state index contributed by atoms with van der Waals surface area (Å²) < 4.78 is 0. The van der Waals surface area contributed by atoms with Crippen molar-refractivity contribution in [3.63, 3.8) is 0 Å². The Kier molecular flexibility index (Phi) is 3.89. The highest BCUT2D eigenvalue weighted by Gasteiger charge is 2.01. The highest BCUT2D eigenvalue weighted by atomic mass is 15.1. The summed E-state index contributed by atoms with van der Waals surface area (Å²) in [5, 5.41) is 0. The van der Waals surface area contributed by atoms with Crippen molar-refractivity contribution < 1.29 is 0 Å². The lowest BCUT2D eigenvalue weighted by Gasteiger charge is -2.15. The van der Waals surface area contributed by atoms with Crippen LogP contribution < -0.4 is 10.6 Å². The molecule has 1 aromatic rings. The average molecular weight is 193 g/mol. The molecular formula is C11H19N3. The molecule has 3 heteroatoms. The number of hydrogen-bond acceptors (Lipinski definition) is 3. The number of anilines is 1. The number of aromatic nitrogens is 1. The molecule has 0 aliphatic rings. The number of hydrogen-bond donors (Lipinski definition) is 1. The van der Waals surface area contributed by atoms with Crippen LogP contribution in [0.1, 0.15) is 19.4 Å². The van der Waals surface area contributed by atoms with Gasteiger partial charge in [-0.25, -0.2) is 4.98 Å². The smallest absolute Gasteiger partial charge is 0.128 e. The molecule has 1 rings (SSSR count). The Balaban J connectivity index is 2.68. The summed E-state index contributed by atoms with van der Waals surface area (Å²) in [6.45, 7) is 5.09. The molecule has 0 amide bonds. The summed E-state index contributed by atoms with van der Waals surface area (Å²) in [7, 11) is 2.04. The van der Waals surface area contributed by atoms with Gasteiger partial charge in [0.15, 0.2) is 0 Å². The third kappa shape index (κ3) is 3.00. The molecule has 0 radical (unpaired) electrons. The van der Waals surface area contributed by atoms with E-state index in [0.717, 1.165) is 18.8 Å². The minimum absolute atomic E-state index is 0.201. The molecule has 3 nitrogen and oxygen atoms in total. The van der Waals surface area contributed by atoms with E-state index in [2.05, 4.69) is 22.9 Å². The molecule has 2 N–H and O–H groups in total. The standard InChI is InChI=1S/C11H19N3/c1-4-14(3)11-6-5-10(8-13-11)7-9(2)12/h5-6,8-9H,4,7,12H2,1-3H3. The lowest BCUT2D eigenvalue weighted by atomic mass is 10.1. The molecule has 0 fully saturated rings. The van der Waals surface area contributed by atoms with Crippen molar-refractivity contribution in [2.24, 2.45) is 5.73 Å². The van der Waals surface area contributed by atoms with Gasteiger partial charge in [0.05, 0.1) is 0 Å². The van der Waals surface area contributed by atoms with Crippen molar-refractivity contribution in [2.75, 3.05) is 18.5 Å². The van der Waals surface area contributed by atoms with Gasteiger partial charge < -0.3 is 10.6 Å².